The molecule has 0 aromatic rings. The lowest BCUT2D eigenvalue weighted by Crippen LogP contribution is -2.42. The zero-order valence-corrected chi connectivity index (χ0v) is 12.7. The van der Waals surface area contributed by atoms with Crippen LogP contribution in [0.5, 0.6) is 0 Å². The molecule has 1 rings (SSSR count). The first-order chi connectivity index (χ1) is 9.46. The number of hydrogen-bond acceptors (Lipinski definition) is 5. The van der Waals surface area contributed by atoms with Gasteiger partial charge in [0.1, 0.15) is 0 Å². The Kier molecular flexibility index (Phi) is 6.55. The number of hydrogen-bond donors (Lipinski definition) is 1. The molecule has 1 saturated heterocycles. The van der Waals surface area contributed by atoms with Crippen molar-refractivity contribution in [2.75, 3.05) is 6.54 Å². The van der Waals surface area contributed by atoms with Gasteiger partial charge in [0, 0.05) is 26.6 Å². The Morgan fingerprint density at radius 1 is 1.00 bits per heavy atom. The number of nitrogens with one attached hydrogen (secondary N) is 1. The Morgan fingerprint density at radius 2 is 1.55 bits per heavy atom. The van der Waals surface area contributed by atoms with E-state index in [1.165, 1.54) is 45.7 Å². The quantitative estimate of drug-likeness (QED) is 0.321. The second-order valence-corrected chi connectivity index (χ2v) is 5.46. The van der Waals surface area contributed by atoms with Crippen LogP contribution in [0.25, 0.3) is 0 Å². The second kappa shape index (κ2) is 7.92. The van der Waals surface area contributed by atoms with E-state index in [-0.39, 0.29) is 5.57 Å². The molecule has 1 N–H and O–H groups in total. The number of cyclic esters (lactones) is 2. The maximum atomic E-state index is 11.6. The molecule has 0 spiro atoms. The fourth-order valence-electron chi connectivity index (χ4n) is 1.96. The third kappa shape index (κ3) is 5.63. The third-order valence-corrected chi connectivity index (χ3v) is 3.04. The molecule has 0 radical (unpaired) electrons. The van der Waals surface area contributed by atoms with Gasteiger partial charge in [-0.1, -0.05) is 39.0 Å². The Labute approximate surface area is 120 Å². The molecule has 1 heterocycles. The smallest absolute Gasteiger partial charge is 0.350 e. The highest BCUT2D eigenvalue weighted by molar-refractivity contribution is 6.15. The van der Waals surface area contributed by atoms with Crippen LogP contribution in [0.1, 0.15) is 59.3 Å². The molecule has 5 heteroatoms. The van der Waals surface area contributed by atoms with Gasteiger partial charge in [0.05, 0.1) is 0 Å². The summed E-state index contributed by atoms with van der Waals surface area (Å²) >= 11 is 0. The minimum atomic E-state index is -1.18. The van der Waals surface area contributed by atoms with Gasteiger partial charge in [-0.3, -0.25) is 0 Å². The molecule has 0 aliphatic carbocycles. The molecule has 1 fully saturated rings. The summed E-state index contributed by atoms with van der Waals surface area (Å²) in [6.07, 6.45) is 8.58. The molecule has 20 heavy (non-hydrogen) atoms. The summed E-state index contributed by atoms with van der Waals surface area (Å²) in [6.45, 7) is 5.99. The number of unbranched alkanes of at least 4 members (excludes halogenated alkanes) is 5. The van der Waals surface area contributed by atoms with Crippen LogP contribution in [0, 0.1) is 0 Å². The largest absolute Gasteiger partial charge is 0.419 e. The number of rotatable bonds is 8. The lowest BCUT2D eigenvalue weighted by atomic mass is 10.1. The number of carbonyl (C=O) groups excluding carboxylic acids is 2. The third-order valence-electron chi connectivity index (χ3n) is 3.04. The predicted molar refractivity (Wildman–Crippen MR) is 75.7 cm³/mol. The van der Waals surface area contributed by atoms with Gasteiger partial charge in [0.2, 0.25) is 0 Å². The highest BCUT2D eigenvalue weighted by Gasteiger charge is 2.38. The lowest BCUT2D eigenvalue weighted by molar-refractivity contribution is -0.222. The van der Waals surface area contributed by atoms with Gasteiger partial charge in [0.15, 0.2) is 5.57 Å². The van der Waals surface area contributed by atoms with Crippen LogP contribution in [0.15, 0.2) is 11.8 Å². The van der Waals surface area contributed by atoms with Crippen molar-refractivity contribution < 1.29 is 19.1 Å². The molecule has 114 valence electrons. The summed E-state index contributed by atoms with van der Waals surface area (Å²) in [7, 11) is 0. The Bertz CT molecular complexity index is 352. The van der Waals surface area contributed by atoms with Crippen LogP contribution in [0.3, 0.4) is 0 Å². The van der Waals surface area contributed by atoms with Crippen molar-refractivity contribution in [3.63, 3.8) is 0 Å². The number of carbonyl (C=O) groups is 2. The highest BCUT2D eigenvalue weighted by Crippen LogP contribution is 2.21. The predicted octanol–water partition coefficient (Wildman–Crippen LogP) is 2.66. The van der Waals surface area contributed by atoms with Crippen LogP contribution in [0.2, 0.25) is 0 Å². The summed E-state index contributed by atoms with van der Waals surface area (Å²) in [4.78, 5) is 23.3. The molecule has 0 unspecified atom stereocenters. The van der Waals surface area contributed by atoms with E-state index in [4.69, 9.17) is 9.47 Å². The zero-order valence-electron chi connectivity index (χ0n) is 12.7. The number of ether oxygens (including phenoxy) is 2. The van der Waals surface area contributed by atoms with Crippen LogP contribution < -0.4 is 5.32 Å². The van der Waals surface area contributed by atoms with Crippen molar-refractivity contribution in [1.82, 2.24) is 5.32 Å². The van der Waals surface area contributed by atoms with Gasteiger partial charge in [-0.25, -0.2) is 9.59 Å². The van der Waals surface area contributed by atoms with Crippen LogP contribution in [-0.2, 0) is 19.1 Å². The topological polar surface area (TPSA) is 64.6 Å². The molecule has 0 saturated carbocycles. The molecule has 1 aliphatic rings. The van der Waals surface area contributed by atoms with Gasteiger partial charge in [-0.05, 0) is 6.42 Å². The molecule has 5 nitrogen and oxygen atoms in total. The SMILES string of the molecule is CCCCCCCCNC=C1C(=O)OC(C)(C)OC1=O. The van der Waals surface area contributed by atoms with Crippen molar-refractivity contribution in [2.24, 2.45) is 0 Å². The molecule has 0 bridgehead atoms. The molecule has 0 aromatic heterocycles. The van der Waals surface area contributed by atoms with Gasteiger partial charge >= 0.3 is 11.9 Å². The van der Waals surface area contributed by atoms with Crippen molar-refractivity contribution >= 4 is 11.9 Å². The van der Waals surface area contributed by atoms with Gasteiger partial charge in [-0.15, -0.1) is 0 Å². The molecule has 0 aromatic carbocycles. The van der Waals surface area contributed by atoms with Crippen molar-refractivity contribution in [3.05, 3.63) is 11.8 Å². The summed E-state index contributed by atoms with van der Waals surface area (Å²) in [6, 6.07) is 0. The van der Waals surface area contributed by atoms with E-state index in [0.29, 0.717) is 0 Å². The van der Waals surface area contributed by atoms with E-state index in [9.17, 15) is 9.59 Å². The van der Waals surface area contributed by atoms with Gasteiger partial charge in [0.25, 0.3) is 5.79 Å². The van der Waals surface area contributed by atoms with E-state index in [2.05, 4.69) is 12.2 Å². The summed E-state index contributed by atoms with van der Waals surface area (Å²) in [5, 5.41) is 2.97. The van der Waals surface area contributed by atoms with Gasteiger partial charge in [-0.2, -0.15) is 0 Å². The van der Waals surface area contributed by atoms with E-state index in [1.54, 1.807) is 0 Å². The average molecular weight is 283 g/mol. The minimum Gasteiger partial charge on any atom is -0.419 e. The fraction of sp³-hybridized carbons (Fsp3) is 0.733. The van der Waals surface area contributed by atoms with Crippen LogP contribution in [-0.4, -0.2) is 24.3 Å². The maximum absolute atomic E-state index is 11.6. The first kappa shape index (κ1) is 16.5. The van der Waals surface area contributed by atoms with Crippen LogP contribution in [0.4, 0.5) is 0 Å². The lowest BCUT2D eigenvalue weighted by Gasteiger charge is -2.29. The first-order valence-corrected chi connectivity index (χ1v) is 7.36. The number of esters is 2. The van der Waals surface area contributed by atoms with Gasteiger partial charge < -0.3 is 14.8 Å². The normalized spacial score (nSPS) is 17.4. The summed E-state index contributed by atoms with van der Waals surface area (Å²) in [5.74, 6) is -2.45. The van der Waals surface area contributed by atoms with Crippen molar-refractivity contribution in [2.45, 2.75) is 65.1 Å². The standard InChI is InChI=1S/C15H25NO4/c1-4-5-6-7-8-9-10-16-11-12-13(17)19-15(2,3)20-14(12)18/h11,16H,4-10H2,1-3H3. The Hall–Kier alpha value is -1.52. The fourth-order valence-corrected chi connectivity index (χ4v) is 1.96. The maximum Gasteiger partial charge on any atom is 0.350 e. The summed E-state index contributed by atoms with van der Waals surface area (Å²) in [5.41, 5.74) is -0.0738. The average Bonchev–Trinajstić information content (AvgIpc) is 2.34. The van der Waals surface area contributed by atoms with E-state index in [0.717, 1.165) is 19.4 Å². The highest BCUT2D eigenvalue weighted by atomic mass is 16.7. The Morgan fingerprint density at radius 3 is 2.15 bits per heavy atom. The Balaban J connectivity index is 2.25. The molecular weight excluding hydrogens is 258 g/mol. The zero-order chi connectivity index (χ0) is 15.0. The molecule has 0 amide bonds. The first-order valence-electron chi connectivity index (χ1n) is 7.36. The molecule has 0 atom stereocenters. The van der Waals surface area contributed by atoms with Crippen molar-refractivity contribution in [1.29, 1.82) is 0 Å². The van der Waals surface area contributed by atoms with E-state index < -0.39 is 17.7 Å². The van der Waals surface area contributed by atoms with E-state index in [1.807, 2.05) is 0 Å². The van der Waals surface area contributed by atoms with Crippen molar-refractivity contribution in [3.8, 4) is 0 Å². The molecular formula is C15H25NO4. The minimum absolute atomic E-state index is 0.0738. The van der Waals surface area contributed by atoms with E-state index >= 15 is 0 Å². The summed E-state index contributed by atoms with van der Waals surface area (Å²) < 4.78 is 9.98. The molecule has 1 aliphatic heterocycles. The monoisotopic (exact) mass is 283 g/mol. The van der Waals surface area contributed by atoms with Crippen LogP contribution >= 0.6 is 0 Å². The second-order valence-electron chi connectivity index (χ2n) is 5.46.